The van der Waals surface area contributed by atoms with Crippen molar-refractivity contribution in [1.29, 1.82) is 0 Å². The van der Waals surface area contributed by atoms with Crippen LogP contribution in [0.15, 0.2) is 12.2 Å². The molecule has 2 atom stereocenters. The van der Waals surface area contributed by atoms with E-state index < -0.39 is 32.5 Å². The highest BCUT2D eigenvalue weighted by Crippen LogP contribution is 2.38. The van der Waals surface area contributed by atoms with Crippen LogP contribution >= 0.6 is 7.82 Å². The summed E-state index contributed by atoms with van der Waals surface area (Å²) in [4.78, 5) is 36.2. The summed E-state index contributed by atoms with van der Waals surface area (Å²) >= 11 is 0. The molecule has 0 fully saturated rings. The Morgan fingerprint density at radius 2 is 1.36 bits per heavy atom. The number of carbonyl (C=O) groups is 2. The van der Waals surface area contributed by atoms with Crippen molar-refractivity contribution in [3.63, 3.8) is 0 Å². The van der Waals surface area contributed by atoms with Crippen molar-refractivity contribution >= 4 is 19.8 Å². The molecule has 0 aromatic rings. The van der Waals surface area contributed by atoms with E-state index in [1.54, 1.807) is 0 Å². The Kier molecular flexibility index (Phi) is 22.7. The van der Waals surface area contributed by atoms with Crippen molar-refractivity contribution in [2.24, 2.45) is 0 Å². The van der Waals surface area contributed by atoms with Crippen LogP contribution in [-0.2, 0) is 32.7 Å². The summed E-state index contributed by atoms with van der Waals surface area (Å²) < 4.78 is 32.9. The standard InChI is InChI=1S/C29H56NO8P/c1-6-8-9-10-11-12-13-14-15-16-17-18-19-20-22-29(32)38-27(25-35-28(31)21-7-2)26-37-39(33,34)36-24-23-30(3,4)5/h13-14,27H,6-12,15-26H2,1-5H3/b14-13-. The number of likely N-dealkylation sites (N-methyl/N-ethyl adjacent to an activating group) is 1. The summed E-state index contributed by atoms with van der Waals surface area (Å²) in [6.45, 7) is 3.78. The van der Waals surface area contributed by atoms with Gasteiger partial charge in [-0.05, 0) is 38.5 Å². The van der Waals surface area contributed by atoms with Gasteiger partial charge in [0.1, 0.15) is 19.8 Å². The Bertz CT molecular complexity index is 708. The monoisotopic (exact) mass is 577 g/mol. The summed E-state index contributed by atoms with van der Waals surface area (Å²) in [6, 6.07) is 0. The second-order valence-electron chi connectivity index (χ2n) is 11.1. The molecule has 39 heavy (non-hydrogen) atoms. The van der Waals surface area contributed by atoms with Gasteiger partial charge < -0.3 is 27.9 Å². The first-order valence-electron chi connectivity index (χ1n) is 14.9. The molecular weight excluding hydrogens is 521 g/mol. The van der Waals surface area contributed by atoms with Crippen molar-refractivity contribution in [2.45, 2.75) is 116 Å². The van der Waals surface area contributed by atoms with Gasteiger partial charge in [0.2, 0.25) is 0 Å². The van der Waals surface area contributed by atoms with Gasteiger partial charge in [0.05, 0.1) is 27.7 Å². The van der Waals surface area contributed by atoms with E-state index in [4.69, 9.17) is 18.5 Å². The molecule has 0 aromatic carbocycles. The maximum atomic E-state index is 12.3. The number of ether oxygens (including phenoxy) is 2. The minimum Gasteiger partial charge on any atom is -0.756 e. The van der Waals surface area contributed by atoms with Crippen molar-refractivity contribution < 1.29 is 42.1 Å². The second kappa shape index (κ2) is 23.5. The first kappa shape index (κ1) is 37.8. The van der Waals surface area contributed by atoms with Gasteiger partial charge in [-0.15, -0.1) is 0 Å². The number of quaternary nitrogens is 1. The van der Waals surface area contributed by atoms with E-state index >= 15 is 0 Å². The van der Waals surface area contributed by atoms with Crippen molar-refractivity contribution in [2.75, 3.05) is 47.5 Å². The Labute approximate surface area is 237 Å². The maximum Gasteiger partial charge on any atom is 0.306 e. The zero-order valence-corrected chi connectivity index (χ0v) is 26.2. The molecule has 0 aliphatic heterocycles. The van der Waals surface area contributed by atoms with E-state index in [0.29, 0.717) is 23.9 Å². The smallest absolute Gasteiger partial charge is 0.306 e. The lowest BCUT2D eigenvalue weighted by molar-refractivity contribution is -0.870. The average molecular weight is 578 g/mol. The van der Waals surface area contributed by atoms with Gasteiger partial charge in [-0.3, -0.25) is 14.2 Å². The molecule has 0 rings (SSSR count). The van der Waals surface area contributed by atoms with Gasteiger partial charge in [0.15, 0.2) is 6.10 Å². The van der Waals surface area contributed by atoms with Crippen LogP contribution in [0.5, 0.6) is 0 Å². The fourth-order valence-corrected chi connectivity index (χ4v) is 4.35. The number of carbonyl (C=O) groups excluding carboxylic acids is 2. The van der Waals surface area contributed by atoms with Gasteiger partial charge >= 0.3 is 11.9 Å². The minimum atomic E-state index is -4.58. The Hall–Kier alpha value is -1.25. The lowest BCUT2D eigenvalue weighted by Crippen LogP contribution is -2.37. The number of esters is 2. The average Bonchev–Trinajstić information content (AvgIpc) is 2.85. The number of rotatable bonds is 26. The summed E-state index contributed by atoms with van der Waals surface area (Å²) in [6.07, 6.45) is 18.3. The summed E-state index contributed by atoms with van der Waals surface area (Å²) in [7, 11) is 1.15. The Morgan fingerprint density at radius 3 is 1.95 bits per heavy atom. The molecule has 0 bridgehead atoms. The van der Waals surface area contributed by atoms with Crippen LogP contribution in [0.4, 0.5) is 0 Å². The zero-order chi connectivity index (χ0) is 29.4. The molecule has 0 amide bonds. The summed E-state index contributed by atoms with van der Waals surface area (Å²) in [5.74, 6) is -0.909. The molecule has 0 aliphatic rings. The molecule has 10 heteroatoms. The Balaban J connectivity index is 4.26. The lowest BCUT2D eigenvalue weighted by Gasteiger charge is -2.28. The fraction of sp³-hybridized carbons (Fsp3) is 0.862. The third-order valence-electron chi connectivity index (χ3n) is 6.01. The predicted molar refractivity (Wildman–Crippen MR) is 153 cm³/mol. The predicted octanol–water partition coefficient (Wildman–Crippen LogP) is 6.10. The van der Waals surface area contributed by atoms with Crippen LogP contribution in [0.25, 0.3) is 0 Å². The van der Waals surface area contributed by atoms with E-state index in [9.17, 15) is 19.0 Å². The molecule has 0 spiro atoms. The quantitative estimate of drug-likeness (QED) is 0.0399. The third-order valence-corrected chi connectivity index (χ3v) is 6.97. The van der Waals surface area contributed by atoms with Gasteiger partial charge in [-0.1, -0.05) is 70.9 Å². The third kappa shape index (κ3) is 26.7. The number of phosphoric acid groups is 1. The SMILES string of the molecule is CCCCCCC/C=C\CCCCCCCC(=O)OC(COC(=O)CCC)COP(=O)([O-])OCC[N+](C)(C)C. The number of unbranched alkanes of at least 4 members (excludes halogenated alkanes) is 10. The first-order valence-corrected chi connectivity index (χ1v) is 16.4. The van der Waals surface area contributed by atoms with Crippen LogP contribution in [0.1, 0.15) is 110 Å². The molecule has 230 valence electrons. The van der Waals surface area contributed by atoms with Crippen molar-refractivity contribution in [3.05, 3.63) is 12.2 Å². The van der Waals surface area contributed by atoms with Gasteiger partial charge in [-0.25, -0.2) is 0 Å². The second-order valence-corrected chi connectivity index (χ2v) is 12.5. The number of hydrogen-bond donors (Lipinski definition) is 0. The van der Waals surface area contributed by atoms with Crippen LogP contribution < -0.4 is 4.89 Å². The molecule has 0 aliphatic carbocycles. The van der Waals surface area contributed by atoms with Crippen LogP contribution in [-0.4, -0.2) is 70.0 Å². The van der Waals surface area contributed by atoms with Crippen molar-refractivity contribution in [3.8, 4) is 0 Å². The highest BCUT2D eigenvalue weighted by molar-refractivity contribution is 7.45. The van der Waals surface area contributed by atoms with Crippen LogP contribution in [0.2, 0.25) is 0 Å². The molecular formula is C29H56NO8P. The Morgan fingerprint density at radius 1 is 0.769 bits per heavy atom. The lowest BCUT2D eigenvalue weighted by atomic mass is 10.1. The topological polar surface area (TPSA) is 111 Å². The molecule has 0 N–H and O–H groups in total. The largest absolute Gasteiger partial charge is 0.756 e. The van der Waals surface area contributed by atoms with Crippen molar-refractivity contribution in [1.82, 2.24) is 0 Å². The van der Waals surface area contributed by atoms with E-state index in [1.807, 2.05) is 28.1 Å². The molecule has 9 nitrogen and oxygen atoms in total. The normalized spacial score (nSPS) is 14.3. The number of nitrogens with zero attached hydrogens (tertiary/aromatic N) is 1. The number of allylic oxidation sites excluding steroid dienone is 2. The van der Waals surface area contributed by atoms with E-state index in [-0.39, 0.29) is 26.1 Å². The van der Waals surface area contributed by atoms with Crippen LogP contribution in [0.3, 0.4) is 0 Å². The number of hydrogen-bond acceptors (Lipinski definition) is 8. The minimum absolute atomic E-state index is 0.0321. The van der Waals surface area contributed by atoms with E-state index in [1.165, 1.54) is 38.5 Å². The zero-order valence-electron chi connectivity index (χ0n) is 25.3. The van der Waals surface area contributed by atoms with E-state index in [2.05, 4.69) is 19.1 Å². The molecule has 0 heterocycles. The molecule has 2 unspecified atom stereocenters. The summed E-state index contributed by atoms with van der Waals surface area (Å²) in [5, 5.41) is 0. The molecule has 0 aromatic heterocycles. The van der Waals surface area contributed by atoms with Gasteiger partial charge in [0, 0.05) is 12.8 Å². The maximum absolute atomic E-state index is 12.3. The van der Waals surface area contributed by atoms with Gasteiger partial charge in [0.25, 0.3) is 7.82 Å². The molecule has 0 saturated heterocycles. The molecule has 0 radical (unpaired) electrons. The highest BCUT2D eigenvalue weighted by Gasteiger charge is 2.21. The van der Waals surface area contributed by atoms with Gasteiger partial charge in [-0.2, -0.15) is 0 Å². The highest BCUT2D eigenvalue weighted by atomic mass is 31.2. The number of phosphoric ester groups is 1. The molecule has 0 saturated carbocycles. The van der Waals surface area contributed by atoms with E-state index in [0.717, 1.165) is 32.1 Å². The first-order chi connectivity index (χ1) is 18.5. The fourth-order valence-electron chi connectivity index (χ4n) is 3.62. The summed E-state index contributed by atoms with van der Waals surface area (Å²) in [5.41, 5.74) is 0. The van der Waals surface area contributed by atoms with Crippen LogP contribution in [0, 0.1) is 0 Å².